The van der Waals surface area contributed by atoms with Gasteiger partial charge in [0.05, 0.1) is 0 Å². The van der Waals surface area contributed by atoms with Gasteiger partial charge in [0.15, 0.2) is 5.96 Å². The van der Waals surface area contributed by atoms with Gasteiger partial charge < -0.3 is 16.0 Å². The topological polar surface area (TPSA) is 53.6 Å². The summed E-state index contributed by atoms with van der Waals surface area (Å²) in [4.78, 5) is 7.05. The largest absolute Gasteiger partial charge is 0.370 e. The molecule has 1 aliphatic rings. The van der Waals surface area contributed by atoms with Crippen molar-refractivity contribution in [2.24, 2.45) is 10.7 Å². The number of guanidine groups is 1. The van der Waals surface area contributed by atoms with Crippen molar-refractivity contribution in [1.29, 1.82) is 0 Å². The number of anilines is 1. The van der Waals surface area contributed by atoms with Crippen LogP contribution in [0.5, 0.6) is 0 Å². The number of para-hydroxylation sites is 1. The lowest BCUT2D eigenvalue weighted by molar-refractivity contribution is 0.331. The summed E-state index contributed by atoms with van der Waals surface area (Å²) >= 11 is 0. The molecule has 2 rings (SSSR count). The molecule has 0 unspecified atom stereocenters. The molecule has 0 spiro atoms. The van der Waals surface area contributed by atoms with Crippen LogP contribution in [0.4, 0.5) is 5.69 Å². The summed E-state index contributed by atoms with van der Waals surface area (Å²) in [6, 6.07) is 6.43. The van der Waals surface area contributed by atoms with Crippen LogP contribution in [0.15, 0.2) is 23.2 Å². The first-order chi connectivity index (χ1) is 11.2. The number of benzene rings is 1. The number of aliphatic imine (C=N–C) groups is 1. The van der Waals surface area contributed by atoms with E-state index in [1.165, 1.54) is 50.0 Å². The Morgan fingerprint density at radius 3 is 2.39 bits per heavy atom. The fourth-order valence-corrected chi connectivity index (χ4v) is 3.22. The zero-order valence-corrected chi connectivity index (χ0v) is 14.8. The van der Waals surface area contributed by atoms with Crippen molar-refractivity contribution in [3.05, 3.63) is 29.3 Å². The third-order valence-corrected chi connectivity index (χ3v) is 4.62. The van der Waals surface area contributed by atoms with Gasteiger partial charge in [-0.1, -0.05) is 32.0 Å². The van der Waals surface area contributed by atoms with Crippen LogP contribution >= 0.6 is 0 Å². The number of nitrogens with two attached hydrogens (primary N) is 1. The molecule has 1 fully saturated rings. The number of aryl methyl sites for hydroxylation is 2. The number of nitrogens with zero attached hydrogens (tertiary/aromatic N) is 2. The molecule has 1 aromatic carbocycles. The van der Waals surface area contributed by atoms with Crippen LogP contribution in [0, 0.1) is 0 Å². The molecule has 23 heavy (non-hydrogen) atoms. The number of rotatable bonds is 8. The summed E-state index contributed by atoms with van der Waals surface area (Å²) in [5.74, 6) is 0.543. The average Bonchev–Trinajstić information content (AvgIpc) is 3.08. The highest BCUT2D eigenvalue weighted by molar-refractivity contribution is 5.93. The van der Waals surface area contributed by atoms with E-state index in [4.69, 9.17) is 5.73 Å². The quantitative estimate of drug-likeness (QED) is 0.439. The van der Waals surface area contributed by atoms with E-state index in [-0.39, 0.29) is 0 Å². The number of likely N-dealkylation sites (tertiary alicyclic amines) is 1. The van der Waals surface area contributed by atoms with Crippen molar-refractivity contribution in [2.75, 3.05) is 31.5 Å². The minimum absolute atomic E-state index is 0.543. The molecule has 1 heterocycles. The molecule has 3 N–H and O–H groups in total. The predicted molar refractivity (Wildman–Crippen MR) is 100 cm³/mol. The van der Waals surface area contributed by atoms with E-state index in [1.54, 1.807) is 0 Å². The van der Waals surface area contributed by atoms with E-state index >= 15 is 0 Å². The fourth-order valence-electron chi connectivity index (χ4n) is 3.22. The van der Waals surface area contributed by atoms with Gasteiger partial charge in [-0.3, -0.25) is 4.99 Å². The Kier molecular flexibility index (Phi) is 7.40. The van der Waals surface area contributed by atoms with Crippen molar-refractivity contribution in [3.8, 4) is 0 Å². The highest BCUT2D eigenvalue weighted by Crippen LogP contribution is 2.22. The van der Waals surface area contributed by atoms with E-state index in [0.717, 1.165) is 31.5 Å². The van der Waals surface area contributed by atoms with Crippen molar-refractivity contribution in [3.63, 3.8) is 0 Å². The molecule has 128 valence electrons. The summed E-state index contributed by atoms with van der Waals surface area (Å²) in [6.07, 6.45) is 7.05. The van der Waals surface area contributed by atoms with Crippen LogP contribution in [0.2, 0.25) is 0 Å². The lowest BCUT2D eigenvalue weighted by Gasteiger charge is -2.15. The predicted octanol–water partition coefficient (Wildman–Crippen LogP) is 3.41. The van der Waals surface area contributed by atoms with Gasteiger partial charge in [0, 0.05) is 12.2 Å². The zero-order chi connectivity index (χ0) is 16.5. The second-order valence-electron chi connectivity index (χ2n) is 6.31. The van der Waals surface area contributed by atoms with Crippen LogP contribution in [0.1, 0.15) is 50.7 Å². The normalized spacial score (nSPS) is 16.0. The number of hydrogen-bond donors (Lipinski definition) is 2. The maximum atomic E-state index is 6.09. The standard InChI is InChI=1S/C19H32N4/c1-3-16-10-9-11-17(4-2)18(16)22-19(20)21-12-5-6-13-23-14-7-8-15-23/h9-11H,3-8,12-15H2,1-2H3,(H3,20,21,22). The summed E-state index contributed by atoms with van der Waals surface area (Å²) in [7, 11) is 0. The molecule has 4 nitrogen and oxygen atoms in total. The van der Waals surface area contributed by atoms with Gasteiger partial charge in [0.2, 0.25) is 0 Å². The summed E-state index contributed by atoms with van der Waals surface area (Å²) < 4.78 is 0. The van der Waals surface area contributed by atoms with Crippen molar-refractivity contribution in [2.45, 2.75) is 52.4 Å². The van der Waals surface area contributed by atoms with Crippen molar-refractivity contribution < 1.29 is 0 Å². The second kappa shape index (κ2) is 9.56. The molecule has 1 aromatic rings. The molecule has 1 saturated heterocycles. The molecular weight excluding hydrogens is 284 g/mol. The molecule has 0 aliphatic carbocycles. The van der Waals surface area contributed by atoms with Crippen LogP contribution in [0.25, 0.3) is 0 Å². The smallest absolute Gasteiger partial charge is 0.193 e. The van der Waals surface area contributed by atoms with E-state index in [2.05, 4.69) is 47.3 Å². The van der Waals surface area contributed by atoms with E-state index < -0.39 is 0 Å². The summed E-state index contributed by atoms with van der Waals surface area (Å²) in [5.41, 5.74) is 9.84. The molecule has 1 aliphatic heterocycles. The maximum Gasteiger partial charge on any atom is 0.193 e. The summed E-state index contributed by atoms with van der Waals surface area (Å²) in [5, 5.41) is 3.33. The number of hydrogen-bond acceptors (Lipinski definition) is 2. The van der Waals surface area contributed by atoms with Crippen LogP contribution < -0.4 is 11.1 Å². The minimum atomic E-state index is 0.543. The summed E-state index contributed by atoms with van der Waals surface area (Å²) in [6.45, 7) is 8.92. The Morgan fingerprint density at radius 1 is 1.13 bits per heavy atom. The van der Waals surface area contributed by atoms with Crippen LogP contribution in [-0.4, -0.2) is 37.0 Å². The Bertz CT molecular complexity index is 482. The Morgan fingerprint density at radius 2 is 1.78 bits per heavy atom. The van der Waals surface area contributed by atoms with Crippen LogP contribution in [-0.2, 0) is 12.8 Å². The minimum Gasteiger partial charge on any atom is -0.370 e. The molecule has 0 amide bonds. The average molecular weight is 316 g/mol. The highest BCUT2D eigenvalue weighted by Gasteiger charge is 2.10. The van der Waals surface area contributed by atoms with Crippen LogP contribution in [0.3, 0.4) is 0 Å². The monoisotopic (exact) mass is 316 g/mol. The van der Waals surface area contributed by atoms with E-state index in [1.807, 2.05) is 0 Å². The van der Waals surface area contributed by atoms with Gasteiger partial charge in [-0.25, -0.2) is 0 Å². The first-order valence-corrected chi connectivity index (χ1v) is 9.14. The molecular formula is C19H32N4. The molecule has 0 aromatic heterocycles. The van der Waals surface area contributed by atoms with E-state index in [0.29, 0.717) is 5.96 Å². The maximum absolute atomic E-state index is 6.09. The molecule has 0 radical (unpaired) electrons. The molecule has 0 saturated carbocycles. The van der Waals surface area contributed by atoms with Crippen molar-refractivity contribution in [1.82, 2.24) is 4.90 Å². The molecule has 0 atom stereocenters. The third-order valence-electron chi connectivity index (χ3n) is 4.62. The lowest BCUT2D eigenvalue weighted by atomic mass is 10.0. The van der Waals surface area contributed by atoms with Gasteiger partial charge in [-0.15, -0.1) is 0 Å². The Labute approximate surface area is 141 Å². The first-order valence-electron chi connectivity index (χ1n) is 9.14. The van der Waals surface area contributed by atoms with Gasteiger partial charge in [0.1, 0.15) is 0 Å². The first kappa shape index (κ1) is 17.8. The van der Waals surface area contributed by atoms with Gasteiger partial charge in [-0.05, 0) is 69.3 Å². The number of nitrogens with one attached hydrogen (secondary N) is 1. The zero-order valence-electron chi connectivity index (χ0n) is 14.8. The van der Waals surface area contributed by atoms with E-state index in [9.17, 15) is 0 Å². The van der Waals surface area contributed by atoms with Gasteiger partial charge in [0.25, 0.3) is 0 Å². The SMILES string of the molecule is CCc1cccc(CC)c1NC(N)=NCCCCN1CCCC1. The Balaban J connectivity index is 1.80. The van der Waals surface area contributed by atoms with Crippen molar-refractivity contribution >= 4 is 11.6 Å². The number of unbranched alkanes of at least 4 members (excludes halogenated alkanes) is 1. The Hall–Kier alpha value is -1.55. The van der Waals surface area contributed by atoms with Gasteiger partial charge in [-0.2, -0.15) is 0 Å². The molecule has 0 bridgehead atoms. The highest BCUT2D eigenvalue weighted by atomic mass is 15.1. The van der Waals surface area contributed by atoms with Gasteiger partial charge >= 0.3 is 0 Å². The third kappa shape index (κ3) is 5.54. The second-order valence-corrected chi connectivity index (χ2v) is 6.31. The fraction of sp³-hybridized carbons (Fsp3) is 0.632. The molecule has 4 heteroatoms. The lowest BCUT2D eigenvalue weighted by Crippen LogP contribution is -2.24.